The lowest BCUT2D eigenvalue weighted by atomic mass is 9.98. The van der Waals surface area contributed by atoms with Crippen LogP contribution in [0.2, 0.25) is 0 Å². The van der Waals surface area contributed by atoms with Gasteiger partial charge in [-0.15, -0.1) is 0 Å². The van der Waals surface area contributed by atoms with E-state index in [0.29, 0.717) is 25.9 Å². The van der Waals surface area contributed by atoms with Crippen LogP contribution in [0.1, 0.15) is 43.7 Å². The van der Waals surface area contributed by atoms with Gasteiger partial charge in [-0.1, -0.05) is 49.4 Å². The summed E-state index contributed by atoms with van der Waals surface area (Å²) >= 11 is 0. The molecule has 33 heavy (non-hydrogen) atoms. The molecule has 2 aromatic carbocycles. The van der Waals surface area contributed by atoms with E-state index in [0.717, 1.165) is 24.6 Å². The van der Waals surface area contributed by atoms with E-state index in [1.165, 1.54) is 29.3 Å². The molecule has 2 aliphatic heterocycles. The lowest BCUT2D eigenvalue weighted by molar-refractivity contribution is -0.126. The van der Waals surface area contributed by atoms with Crippen molar-refractivity contribution < 1.29 is 13.2 Å². The van der Waals surface area contributed by atoms with Crippen LogP contribution in [0.3, 0.4) is 0 Å². The van der Waals surface area contributed by atoms with Crippen molar-refractivity contribution in [2.45, 2.75) is 50.6 Å². The molecule has 4 rings (SSSR count). The van der Waals surface area contributed by atoms with Crippen LogP contribution >= 0.6 is 0 Å². The molecule has 2 unspecified atom stereocenters. The zero-order valence-electron chi connectivity index (χ0n) is 19.4. The van der Waals surface area contributed by atoms with E-state index in [2.05, 4.69) is 41.4 Å². The summed E-state index contributed by atoms with van der Waals surface area (Å²) in [7, 11) is -3.57. The maximum atomic E-state index is 12.9. The molecule has 0 spiro atoms. The molecule has 7 heteroatoms. The predicted molar refractivity (Wildman–Crippen MR) is 130 cm³/mol. The van der Waals surface area contributed by atoms with E-state index in [4.69, 9.17) is 0 Å². The lowest BCUT2D eigenvalue weighted by Crippen LogP contribution is -2.45. The van der Waals surface area contributed by atoms with E-state index in [1.807, 2.05) is 0 Å². The van der Waals surface area contributed by atoms with E-state index in [-0.39, 0.29) is 23.3 Å². The first-order chi connectivity index (χ1) is 15.9. The average molecular weight is 470 g/mol. The third-order valence-corrected chi connectivity index (χ3v) is 8.65. The molecule has 2 heterocycles. The molecule has 2 saturated heterocycles. The summed E-state index contributed by atoms with van der Waals surface area (Å²) in [6, 6.07) is 16.9. The number of likely N-dealkylation sites (tertiary alicyclic amines) is 1. The van der Waals surface area contributed by atoms with Crippen molar-refractivity contribution in [1.82, 2.24) is 14.5 Å². The zero-order chi connectivity index (χ0) is 23.3. The summed E-state index contributed by atoms with van der Waals surface area (Å²) in [5.41, 5.74) is 2.36. The van der Waals surface area contributed by atoms with E-state index in [9.17, 15) is 13.2 Å². The van der Waals surface area contributed by atoms with Crippen molar-refractivity contribution in [3.63, 3.8) is 0 Å². The molecule has 2 aromatic rings. The van der Waals surface area contributed by atoms with Gasteiger partial charge in [0, 0.05) is 32.7 Å². The van der Waals surface area contributed by atoms with Crippen molar-refractivity contribution in [2.24, 2.45) is 11.8 Å². The van der Waals surface area contributed by atoms with Crippen LogP contribution in [0.4, 0.5) is 0 Å². The predicted octanol–water partition coefficient (Wildman–Crippen LogP) is 3.64. The molecule has 1 N–H and O–H groups in total. The Kier molecular flexibility index (Phi) is 7.83. The van der Waals surface area contributed by atoms with E-state index in [1.54, 1.807) is 30.3 Å². The molecule has 0 saturated carbocycles. The van der Waals surface area contributed by atoms with Gasteiger partial charge in [0.25, 0.3) is 0 Å². The zero-order valence-corrected chi connectivity index (χ0v) is 20.3. The third kappa shape index (κ3) is 6.22. The number of hydrogen-bond acceptors (Lipinski definition) is 4. The van der Waals surface area contributed by atoms with Crippen LogP contribution in [0.5, 0.6) is 0 Å². The van der Waals surface area contributed by atoms with Gasteiger partial charge in [0.2, 0.25) is 15.9 Å². The Balaban J connectivity index is 1.28. The number of rotatable bonds is 7. The Morgan fingerprint density at radius 1 is 0.939 bits per heavy atom. The normalized spacial score (nSPS) is 22.7. The Labute approximate surface area is 198 Å². The summed E-state index contributed by atoms with van der Waals surface area (Å²) < 4.78 is 27.3. The first-order valence-electron chi connectivity index (χ1n) is 12.0. The molecule has 0 bridgehead atoms. The van der Waals surface area contributed by atoms with Gasteiger partial charge < -0.3 is 5.32 Å². The second-order valence-corrected chi connectivity index (χ2v) is 11.5. The average Bonchev–Trinajstić information content (AvgIpc) is 2.84. The maximum Gasteiger partial charge on any atom is 0.243 e. The number of nitrogens with zero attached hydrogens (tertiary/aromatic N) is 2. The Morgan fingerprint density at radius 2 is 1.64 bits per heavy atom. The molecule has 6 nitrogen and oxygen atoms in total. The van der Waals surface area contributed by atoms with E-state index >= 15 is 0 Å². The Morgan fingerprint density at radius 3 is 2.36 bits per heavy atom. The number of carbonyl (C=O) groups is 1. The molecule has 2 aliphatic rings. The number of carbonyl (C=O) groups excluding carboxylic acids is 1. The monoisotopic (exact) mass is 469 g/mol. The van der Waals surface area contributed by atoms with Crippen LogP contribution in [-0.4, -0.2) is 49.7 Å². The molecule has 1 amide bonds. The smallest absolute Gasteiger partial charge is 0.243 e. The van der Waals surface area contributed by atoms with Crippen LogP contribution in [-0.2, 0) is 27.9 Å². The van der Waals surface area contributed by atoms with Gasteiger partial charge in [0.05, 0.1) is 10.8 Å². The van der Waals surface area contributed by atoms with Gasteiger partial charge in [-0.2, -0.15) is 4.31 Å². The van der Waals surface area contributed by atoms with Gasteiger partial charge in [-0.25, -0.2) is 8.42 Å². The fourth-order valence-corrected chi connectivity index (χ4v) is 6.45. The van der Waals surface area contributed by atoms with Crippen LogP contribution in [0.15, 0.2) is 59.5 Å². The minimum absolute atomic E-state index is 0.0747. The van der Waals surface area contributed by atoms with Crippen LogP contribution in [0, 0.1) is 11.8 Å². The number of benzene rings is 2. The molecule has 0 aliphatic carbocycles. The minimum Gasteiger partial charge on any atom is -0.352 e. The summed E-state index contributed by atoms with van der Waals surface area (Å²) in [6.45, 7) is 6.78. The van der Waals surface area contributed by atoms with E-state index < -0.39 is 10.0 Å². The number of nitrogens with one attached hydrogen (secondary N) is 1. The molecule has 178 valence electrons. The minimum atomic E-state index is -3.57. The summed E-state index contributed by atoms with van der Waals surface area (Å²) in [6.07, 6.45) is 4.00. The van der Waals surface area contributed by atoms with Crippen molar-refractivity contribution in [1.29, 1.82) is 0 Å². The Hall–Kier alpha value is -2.22. The topological polar surface area (TPSA) is 69.7 Å². The summed E-state index contributed by atoms with van der Waals surface area (Å²) in [4.78, 5) is 15.6. The summed E-state index contributed by atoms with van der Waals surface area (Å²) in [5, 5.41) is 3.02. The highest BCUT2D eigenvalue weighted by Gasteiger charge is 2.33. The van der Waals surface area contributed by atoms with Crippen molar-refractivity contribution in [3.05, 3.63) is 65.7 Å². The van der Waals surface area contributed by atoms with Gasteiger partial charge in [0.1, 0.15) is 0 Å². The lowest BCUT2D eigenvalue weighted by Gasteiger charge is -2.31. The highest BCUT2D eigenvalue weighted by atomic mass is 32.2. The quantitative estimate of drug-likeness (QED) is 0.672. The van der Waals surface area contributed by atoms with Crippen LogP contribution < -0.4 is 5.32 Å². The summed E-state index contributed by atoms with van der Waals surface area (Å²) in [5.74, 6) is 0.374. The second-order valence-electron chi connectivity index (χ2n) is 9.53. The molecule has 0 aromatic heterocycles. The van der Waals surface area contributed by atoms with Crippen molar-refractivity contribution in [2.75, 3.05) is 26.2 Å². The largest absolute Gasteiger partial charge is 0.352 e. The Bertz CT molecular complexity index is 1020. The number of sulfonamides is 1. The molecular weight excluding hydrogens is 434 g/mol. The fourth-order valence-electron chi connectivity index (χ4n) is 4.90. The van der Waals surface area contributed by atoms with Crippen molar-refractivity contribution in [3.8, 4) is 0 Å². The van der Waals surface area contributed by atoms with Crippen LogP contribution in [0.25, 0.3) is 0 Å². The van der Waals surface area contributed by atoms with Gasteiger partial charge in [-0.3, -0.25) is 9.69 Å². The number of amides is 1. The van der Waals surface area contributed by atoms with Gasteiger partial charge >= 0.3 is 0 Å². The second kappa shape index (κ2) is 10.8. The standard InChI is InChI=1S/C26H35N3O3S/c1-21-7-5-15-28(18-21)19-23-13-11-22(12-14-23)17-27-26(30)24-8-6-16-29(20-24)33(31,32)25-9-3-2-4-10-25/h2-4,9-14,21,24H,5-8,15-20H2,1H3,(H,27,30). The number of hydrogen-bond donors (Lipinski definition) is 1. The first kappa shape index (κ1) is 23.9. The number of piperidine rings is 2. The van der Waals surface area contributed by atoms with Gasteiger partial charge in [0.15, 0.2) is 0 Å². The molecule has 2 fully saturated rings. The first-order valence-corrected chi connectivity index (χ1v) is 13.5. The highest BCUT2D eigenvalue weighted by Crippen LogP contribution is 2.24. The van der Waals surface area contributed by atoms with Crippen molar-refractivity contribution >= 4 is 15.9 Å². The molecule has 0 radical (unpaired) electrons. The SMILES string of the molecule is CC1CCCN(Cc2ccc(CNC(=O)C3CCCN(S(=O)(=O)c4ccccc4)C3)cc2)C1. The molecular formula is C26H35N3O3S. The highest BCUT2D eigenvalue weighted by molar-refractivity contribution is 7.89. The maximum absolute atomic E-state index is 12.9. The third-order valence-electron chi connectivity index (χ3n) is 6.77. The van der Waals surface area contributed by atoms with Gasteiger partial charge in [-0.05, 0) is 61.4 Å². The molecule has 2 atom stereocenters. The fraction of sp³-hybridized carbons (Fsp3) is 0.500.